The molecule has 0 aliphatic heterocycles. The monoisotopic (exact) mass is 314 g/mol. The fourth-order valence-corrected chi connectivity index (χ4v) is 3.73. The highest BCUT2D eigenvalue weighted by Gasteiger charge is 2.21. The first-order chi connectivity index (χ1) is 8.19. The van der Waals surface area contributed by atoms with Gasteiger partial charge in [-0.3, -0.25) is 0 Å². The van der Waals surface area contributed by atoms with Gasteiger partial charge in [0, 0.05) is 17.5 Å². The van der Waals surface area contributed by atoms with Crippen molar-refractivity contribution in [1.82, 2.24) is 4.98 Å². The number of halogens is 1. The Hall–Kier alpha value is -0.220. The average molecular weight is 315 g/mol. The maximum absolute atomic E-state index is 4.46. The predicted molar refractivity (Wildman–Crippen MR) is 79.9 cm³/mol. The lowest BCUT2D eigenvalue weighted by Crippen LogP contribution is -2.29. The number of hydrogen-bond donors (Lipinski definition) is 1. The van der Waals surface area contributed by atoms with Gasteiger partial charge in [0.25, 0.3) is 0 Å². The first kappa shape index (κ1) is 13.2. The van der Waals surface area contributed by atoms with Gasteiger partial charge in [0.2, 0.25) is 0 Å². The van der Waals surface area contributed by atoms with E-state index in [9.17, 15) is 0 Å². The van der Waals surface area contributed by atoms with Crippen LogP contribution in [0.5, 0.6) is 0 Å². The second kappa shape index (κ2) is 6.10. The number of aromatic nitrogens is 1. The van der Waals surface area contributed by atoms with E-state index in [1.165, 1.54) is 31.2 Å². The molecule has 1 aromatic heterocycles. The summed E-state index contributed by atoms with van der Waals surface area (Å²) in [6, 6.07) is 2.69. The molecule has 1 aliphatic carbocycles. The van der Waals surface area contributed by atoms with Crippen molar-refractivity contribution in [2.75, 3.05) is 11.6 Å². The number of thioether (sulfide) groups is 1. The van der Waals surface area contributed by atoms with E-state index in [0.717, 1.165) is 15.5 Å². The Morgan fingerprint density at radius 2 is 2.29 bits per heavy atom. The highest BCUT2D eigenvalue weighted by molar-refractivity contribution is 9.10. The Balaban J connectivity index is 2.00. The molecule has 1 heterocycles. The van der Waals surface area contributed by atoms with E-state index in [0.29, 0.717) is 6.04 Å². The molecule has 1 aliphatic rings. The van der Waals surface area contributed by atoms with Crippen LogP contribution in [-0.2, 0) is 0 Å². The lowest BCUT2D eigenvalue weighted by Gasteiger charge is -2.29. The van der Waals surface area contributed by atoms with Crippen molar-refractivity contribution in [3.63, 3.8) is 0 Å². The summed E-state index contributed by atoms with van der Waals surface area (Å²) >= 11 is 5.57. The Kier molecular flexibility index (Phi) is 4.74. The third-order valence-corrected chi connectivity index (χ3v) is 4.98. The summed E-state index contributed by atoms with van der Waals surface area (Å²) in [5.74, 6) is 0.988. The minimum absolute atomic E-state index is 0.577. The fourth-order valence-electron chi connectivity index (χ4n) is 2.32. The number of hydrogen-bond acceptors (Lipinski definition) is 3. The first-order valence-corrected chi connectivity index (χ1v) is 8.18. The van der Waals surface area contributed by atoms with Crippen LogP contribution >= 0.6 is 27.7 Å². The summed E-state index contributed by atoms with van der Waals surface area (Å²) in [6.07, 6.45) is 9.34. The standard InChI is InChI=1S/C13H19BrN2S/c1-9-6-12(14)13(15-8-9)16-10-4-3-5-11(7-10)17-2/h6,8,10-11H,3-5,7H2,1-2H3,(H,15,16). The molecule has 0 radical (unpaired) electrons. The Bertz CT molecular complexity index is 384. The van der Waals surface area contributed by atoms with Gasteiger partial charge in [-0.15, -0.1) is 0 Å². The van der Waals surface area contributed by atoms with Crippen molar-refractivity contribution < 1.29 is 0 Å². The Labute approximate surface area is 116 Å². The molecule has 0 spiro atoms. The van der Waals surface area contributed by atoms with Crippen LogP contribution in [0.25, 0.3) is 0 Å². The summed E-state index contributed by atoms with van der Waals surface area (Å²) in [5, 5.41) is 4.38. The summed E-state index contributed by atoms with van der Waals surface area (Å²) in [7, 11) is 0. The van der Waals surface area contributed by atoms with E-state index >= 15 is 0 Å². The van der Waals surface area contributed by atoms with Gasteiger partial charge in [-0.05, 0) is 60.0 Å². The van der Waals surface area contributed by atoms with Gasteiger partial charge in [-0.2, -0.15) is 11.8 Å². The van der Waals surface area contributed by atoms with Crippen molar-refractivity contribution in [2.45, 2.75) is 43.9 Å². The van der Waals surface area contributed by atoms with Crippen LogP contribution < -0.4 is 5.32 Å². The molecule has 1 saturated carbocycles. The van der Waals surface area contributed by atoms with Crippen molar-refractivity contribution in [2.24, 2.45) is 0 Å². The van der Waals surface area contributed by atoms with Crippen LogP contribution in [0.2, 0.25) is 0 Å². The molecular weight excluding hydrogens is 296 g/mol. The molecule has 17 heavy (non-hydrogen) atoms. The second-order valence-corrected chi connectivity index (χ2v) is 6.70. The molecule has 94 valence electrons. The topological polar surface area (TPSA) is 24.9 Å². The minimum Gasteiger partial charge on any atom is -0.366 e. The van der Waals surface area contributed by atoms with Gasteiger partial charge in [-0.1, -0.05) is 6.42 Å². The SMILES string of the molecule is CSC1CCCC(Nc2ncc(C)cc2Br)C1. The number of aryl methyl sites for hydroxylation is 1. The third-order valence-electron chi connectivity index (χ3n) is 3.28. The van der Waals surface area contributed by atoms with Crippen LogP contribution in [-0.4, -0.2) is 22.5 Å². The van der Waals surface area contributed by atoms with E-state index in [4.69, 9.17) is 0 Å². The quantitative estimate of drug-likeness (QED) is 0.903. The van der Waals surface area contributed by atoms with E-state index in [2.05, 4.69) is 45.5 Å². The first-order valence-electron chi connectivity index (χ1n) is 6.10. The highest BCUT2D eigenvalue weighted by Crippen LogP contribution is 2.30. The lowest BCUT2D eigenvalue weighted by atomic mass is 9.95. The van der Waals surface area contributed by atoms with Crippen molar-refractivity contribution in [1.29, 1.82) is 0 Å². The van der Waals surface area contributed by atoms with E-state index in [1.54, 1.807) is 0 Å². The molecule has 1 aromatic rings. The van der Waals surface area contributed by atoms with Gasteiger partial charge >= 0.3 is 0 Å². The average Bonchev–Trinajstić information content (AvgIpc) is 2.33. The van der Waals surface area contributed by atoms with Crippen molar-refractivity contribution in [3.05, 3.63) is 22.3 Å². The molecule has 0 amide bonds. The number of nitrogens with zero attached hydrogens (tertiary/aromatic N) is 1. The number of nitrogens with one attached hydrogen (secondary N) is 1. The second-order valence-electron chi connectivity index (χ2n) is 4.71. The fraction of sp³-hybridized carbons (Fsp3) is 0.615. The molecule has 1 fully saturated rings. The molecule has 1 N–H and O–H groups in total. The van der Waals surface area contributed by atoms with Crippen LogP contribution in [0.4, 0.5) is 5.82 Å². The molecule has 2 rings (SSSR count). The lowest BCUT2D eigenvalue weighted by molar-refractivity contribution is 0.472. The molecule has 2 unspecified atom stereocenters. The number of anilines is 1. The van der Waals surface area contributed by atoms with Gasteiger partial charge in [-0.25, -0.2) is 4.98 Å². The van der Waals surface area contributed by atoms with E-state index in [-0.39, 0.29) is 0 Å². The minimum atomic E-state index is 0.577. The zero-order valence-corrected chi connectivity index (χ0v) is 12.8. The summed E-state index contributed by atoms with van der Waals surface area (Å²) < 4.78 is 1.07. The van der Waals surface area contributed by atoms with Gasteiger partial charge < -0.3 is 5.32 Å². The number of rotatable bonds is 3. The zero-order chi connectivity index (χ0) is 12.3. The predicted octanol–water partition coefficient (Wildman–Crippen LogP) is 4.24. The number of pyridine rings is 1. The van der Waals surface area contributed by atoms with Gasteiger partial charge in [0.05, 0.1) is 4.47 Å². The molecule has 2 nitrogen and oxygen atoms in total. The van der Waals surface area contributed by atoms with Gasteiger partial charge in [0.1, 0.15) is 5.82 Å². The molecule has 0 bridgehead atoms. The third kappa shape index (κ3) is 3.62. The molecule has 2 atom stereocenters. The molecule has 0 saturated heterocycles. The smallest absolute Gasteiger partial charge is 0.140 e. The maximum atomic E-state index is 4.46. The van der Waals surface area contributed by atoms with Crippen LogP contribution in [0, 0.1) is 6.92 Å². The Morgan fingerprint density at radius 3 is 3.00 bits per heavy atom. The van der Waals surface area contributed by atoms with Crippen LogP contribution in [0.3, 0.4) is 0 Å². The maximum Gasteiger partial charge on any atom is 0.140 e. The van der Waals surface area contributed by atoms with Crippen LogP contribution in [0.15, 0.2) is 16.7 Å². The van der Waals surface area contributed by atoms with Gasteiger partial charge in [0.15, 0.2) is 0 Å². The molecule has 0 aromatic carbocycles. The summed E-state index contributed by atoms with van der Waals surface area (Å²) in [6.45, 7) is 2.06. The van der Waals surface area contributed by atoms with Crippen molar-refractivity contribution in [3.8, 4) is 0 Å². The van der Waals surface area contributed by atoms with Crippen molar-refractivity contribution >= 4 is 33.5 Å². The summed E-state index contributed by atoms with van der Waals surface area (Å²) in [4.78, 5) is 4.46. The van der Waals surface area contributed by atoms with E-state index in [1.807, 2.05) is 18.0 Å². The zero-order valence-electron chi connectivity index (χ0n) is 10.4. The largest absolute Gasteiger partial charge is 0.366 e. The molecule has 4 heteroatoms. The van der Waals surface area contributed by atoms with E-state index < -0.39 is 0 Å². The Morgan fingerprint density at radius 1 is 1.47 bits per heavy atom. The summed E-state index contributed by atoms with van der Waals surface area (Å²) in [5.41, 5.74) is 1.19. The molecular formula is C13H19BrN2S. The normalized spacial score (nSPS) is 24.6. The highest BCUT2D eigenvalue weighted by atomic mass is 79.9. The van der Waals surface area contributed by atoms with Crippen LogP contribution in [0.1, 0.15) is 31.2 Å².